The lowest BCUT2D eigenvalue weighted by molar-refractivity contribution is -0.0963. The number of hydrogen-bond donors (Lipinski definition) is 1. The summed E-state index contributed by atoms with van der Waals surface area (Å²) in [4.78, 5) is 0. The first-order valence-electron chi connectivity index (χ1n) is 4.97. The van der Waals surface area contributed by atoms with Crippen LogP contribution in [0.2, 0.25) is 0 Å². The lowest BCUT2D eigenvalue weighted by atomic mass is 10.1. The van der Waals surface area contributed by atoms with Crippen LogP contribution in [0.15, 0.2) is 18.2 Å². The van der Waals surface area contributed by atoms with Crippen LogP contribution >= 0.6 is 0 Å². The van der Waals surface area contributed by atoms with Gasteiger partial charge in [0, 0.05) is 13.1 Å². The molecule has 1 aliphatic rings. The second-order valence-corrected chi connectivity index (χ2v) is 3.81. The average Bonchev–Trinajstić information content (AvgIpc) is 2.64. The Hall–Kier alpha value is -1.26. The molecule has 4 heteroatoms. The number of fused-ring (bicyclic) bond motifs is 1. The third-order valence-electron chi connectivity index (χ3n) is 2.61. The van der Waals surface area contributed by atoms with Crippen LogP contribution in [0.3, 0.4) is 0 Å². The van der Waals surface area contributed by atoms with Gasteiger partial charge in [-0.25, -0.2) is 0 Å². The maximum Gasteiger partial charge on any atom is 0.231 e. The molecule has 1 heterocycles. The van der Waals surface area contributed by atoms with Crippen molar-refractivity contribution in [2.24, 2.45) is 0 Å². The Morgan fingerprint density at radius 3 is 2.87 bits per heavy atom. The fraction of sp³-hybridized carbons (Fsp3) is 0.455. The van der Waals surface area contributed by atoms with Gasteiger partial charge in [-0.1, -0.05) is 6.07 Å². The summed E-state index contributed by atoms with van der Waals surface area (Å²) in [5.41, 5.74) is 1.13. The topological polar surface area (TPSA) is 41.9 Å². The van der Waals surface area contributed by atoms with Crippen molar-refractivity contribution < 1.29 is 14.7 Å². The number of benzene rings is 1. The van der Waals surface area contributed by atoms with Gasteiger partial charge in [-0.2, -0.15) is 5.06 Å². The van der Waals surface area contributed by atoms with Gasteiger partial charge in [-0.05, 0) is 31.0 Å². The molecule has 4 nitrogen and oxygen atoms in total. The molecule has 0 bridgehead atoms. The van der Waals surface area contributed by atoms with E-state index in [1.165, 1.54) is 5.06 Å². The van der Waals surface area contributed by atoms with Gasteiger partial charge in [0.05, 0.1) is 0 Å². The smallest absolute Gasteiger partial charge is 0.231 e. The van der Waals surface area contributed by atoms with Gasteiger partial charge in [-0.3, -0.25) is 0 Å². The van der Waals surface area contributed by atoms with Crippen LogP contribution in [0, 0.1) is 0 Å². The Morgan fingerprint density at radius 2 is 2.13 bits per heavy atom. The molecule has 1 N–H and O–H groups in total. The minimum atomic E-state index is 0.0883. The van der Waals surface area contributed by atoms with Crippen molar-refractivity contribution in [2.75, 3.05) is 13.8 Å². The number of hydrogen-bond acceptors (Lipinski definition) is 4. The normalized spacial score (nSPS) is 15.7. The molecule has 1 aromatic carbocycles. The van der Waals surface area contributed by atoms with E-state index in [-0.39, 0.29) is 6.04 Å². The Labute approximate surface area is 89.0 Å². The number of likely N-dealkylation sites (N-methyl/N-ethyl adjacent to an activating group) is 1. The fourth-order valence-corrected chi connectivity index (χ4v) is 1.54. The number of nitrogens with zero attached hydrogens (tertiary/aromatic N) is 1. The maximum absolute atomic E-state index is 9.25. The first kappa shape index (κ1) is 10.3. The second-order valence-electron chi connectivity index (χ2n) is 3.81. The minimum absolute atomic E-state index is 0.0883. The SMILES string of the molecule is C[C@@H](Cc1ccc2c(c1)OCO2)N(C)O. The van der Waals surface area contributed by atoms with Crippen molar-refractivity contribution in [3.63, 3.8) is 0 Å². The van der Waals surface area contributed by atoms with Gasteiger partial charge in [0.2, 0.25) is 6.79 Å². The highest BCUT2D eigenvalue weighted by molar-refractivity contribution is 5.44. The summed E-state index contributed by atoms with van der Waals surface area (Å²) in [5.74, 6) is 1.59. The zero-order valence-corrected chi connectivity index (χ0v) is 8.93. The van der Waals surface area contributed by atoms with Crippen molar-refractivity contribution in [1.29, 1.82) is 0 Å². The average molecular weight is 209 g/mol. The van der Waals surface area contributed by atoms with Gasteiger partial charge in [-0.15, -0.1) is 0 Å². The number of ether oxygens (including phenoxy) is 2. The zero-order valence-electron chi connectivity index (χ0n) is 8.93. The third kappa shape index (κ3) is 2.22. The molecule has 0 fully saturated rings. The van der Waals surface area contributed by atoms with Crippen molar-refractivity contribution in [2.45, 2.75) is 19.4 Å². The van der Waals surface area contributed by atoms with E-state index in [1.54, 1.807) is 7.05 Å². The highest BCUT2D eigenvalue weighted by Crippen LogP contribution is 2.32. The van der Waals surface area contributed by atoms with Gasteiger partial charge in [0.25, 0.3) is 0 Å². The maximum atomic E-state index is 9.25. The monoisotopic (exact) mass is 209 g/mol. The van der Waals surface area contributed by atoms with Crippen LogP contribution in [0.25, 0.3) is 0 Å². The van der Waals surface area contributed by atoms with Crippen molar-refractivity contribution in [3.8, 4) is 11.5 Å². The molecular formula is C11H15NO3. The Bertz CT molecular complexity index is 352. The van der Waals surface area contributed by atoms with Crippen LogP contribution in [-0.4, -0.2) is 30.2 Å². The van der Waals surface area contributed by atoms with Gasteiger partial charge in [0.1, 0.15) is 0 Å². The zero-order chi connectivity index (χ0) is 10.8. The van der Waals surface area contributed by atoms with Crippen LogP contribution in [0.5, 0.6) is 11.5 Å². The van der Waals surface area contributed by atoms with Crippen molar-refractivity contribution in [3.05, 3.63) is 23.8 Å². The predicted molar refractivity (Wildman–Crippen MR) is 55.3 cm³/mol. The highest BCUT2D eigenvalue weighted by Gasteiger charge is 2.14. The molecule has 0 amide bonds. The lowest BCUT2D eigenvalue weighted by Crippen LogP contribution is -2.27. The van der Waals surface area contributed by atoms with Crippen molar-refractivity contribution >= 4 is 0 Å². The summed E-state index contributed by atoms with van der Waals surface area (Å²) < 4.78 is 10.5. The van der Waals surface area contributed by atoms with E-state index in [4.69, 9.17) is 9.47 Å². The van der Waals surface area contributed by atoms with E-state index in [1.807, 2.05) is 25.1 Å². The summed E-state index contributed by atoms with van der Waals surface area (Å²) in [7, 11) is 1.65. The molecule has 0 aromatic heterocycles. The molecule has 0 unspecified atom stereocenters. The molecular weight excluding hydrogens is 194 g/mol. The summed E-state index contributed by atoms with van der Waals surface area (Å²) in [6.07, 6.45) is 0.781. The molecule has 0 saturated carbocycles. The first-order chi connectivity index (χ1) is 7.16. The third-order valence-corrected chi connectivity index (χ3v) is 2.61. The Morgan fingerprint density at radius 1 is 1.40 bits per heavy atom. The number of hydroxylamine groups is 2. The molecule has 1 aliphatic heterocycles. The minimum Gasteiger partial charge on any atom is -0.454 e. The van der Waals surface area contributed by atoms with E-state index in [2.05, 4.69) is 0 Å². The summed E-state index contributed by atoms with van der Waals surface area (Å²) in [6.45, 7) is 2.26. The molecule has 82 valence electrons. The molecule has 0 saturated heterocycles. The Kier molecular flexibility index (Phi) is 2.79. The molecule has 2 rings (SSSR count). The highest BCUT2D eigenvalue weighted by atomic mass is 16.7. The van der Waals surface area contributed by atoms with E-state index < -0.39 is 0 Å². The first-order valence-corrected chi connectivity index (χ1v) is 4.97. The van der Waals surface area contributed by atoms with Crippen LogP contribution in [0.4, 0.5) is 0 Å². The summed E-state index contributed by atoms with van der Waals surface area (Å²) >= 11 is 0. The Balaban J connectivity index is 2.10. The van der Waals surface area contributed by atoms with E-state index in [0.717, 1.165) is 23.5 Å². The molecule has 0 aliphatic carbocycles. The number of rotatable bonds is 3. The summed E-state index contributed by atoms with van der Waals surface area (Å²) in [6, 6.07) is 5.95. The second kappa shape index (κ2) is 4.08. The van der Waals surface area contributed by atoms with Gasteiger partial charge < -0.3 is 14.7 Å². The quantitative estimate of drug-likeness (QED) is 0.769. The predicted octanol–water partition coefficient (Wildman–Crippen LogP) is 1.67. The van der Waals surface area contributed by atoms with Gasteiger partial charge in [0.15, 0.2) is 11.5 Å². The lowest BCUT2D eigenvalue weighted by Gasteiger charge is -2.17. The van der Waals surface area contributed by atoms with Gasteiger partial charge >= 0.3 is 0 Å². The van der Waals surface area contributed by atoms with Crippen molar-refractivity contribution in [1.82, 2.24) is 5.06 Å². The van der Waals surface area contributed by atoms with E-state index in [9.17, 15) is 5.21 Å². The molecule has 0 spiro atoms. The fourth-order valence-electron chi connectivity index (χ4n) is 1.54. The van der Waals surface area contributed by atoms with Crippen LogP contribution in [-0.2, 0) is 6.42 Å². The van der Waals surface area contributed by atoms with E-state index >= 15 is 0 Å². The molecule has 0 radical (unpaired) electrons. The standard InChI is InChI=1S/C11H15NO3/c1-8(12(2)13)5-9-3-4-10-11(6-9)15-7-14-10/h3-4,6,8,13H,5,7H2,1-2H3/t8-/m0/s1. The molecule has 1 atom stereocenters. The van der Waals surface area contributed by atoms with E-state index in [0.29, 0.717) is 6.79 Å². The van der Waals surface area contributed by atoms with Crippen LogP contribution < -0.4 is 9.47 Å². The molecule has 1 aromatic rings. The summed E-state index contributed by atoms with van der Waals surface area (Å²) in [5, 5.41) is 10.5. The van der Waals surface area contributed by atoms with Crippen LogP contribution in [0.1, 0.15) is 12.5 Å². The largest absolute Gasteiger partial charge is 0.454 e. The molecule has 15 heavy (non-hydrogen) atoms.